The van der Waals surface area contributed by atoms with Crippen LogP contribution in [0, 0.1) is 0 Å². The van der Waals surface area contributed by atoms with E-state index in [4.69, 9.17) is 11.6 Å². The SMILES string of the molecule is CCCNC(=O)C(C)Sc1ccc(Cl)cc1. The highest BCUT2D eigenvalue weighted by atomic mass is 35.5. The first-order valence-corrected chi connectivity index (χ1v) is 6.59. The molecule has 1 aromatic carbocycles. The van der Waals surface area contributed by atoms with Gasteiger partial charge in [0, 0.05) is 16.5 Å². The van der Waals surface area contributed by atoms with Gasteiger partial charge in [0.1, 0.15) is 0 Å². The minimum atomic E-state index is -0.0762. The van der Waals surface area contributed by atoms with E-state index in [0.29, 0.717) is 5.02 Å². The zero-order chi connectivity index (χ0) is 12.0. The molecule has 0 radical (unpaired) electrons. The predicted molar refractivity (Wildman–Crippen MR) is 70.1 cm³/mol. The summed E-state index contributed by atoms with van der Waals surface area (Å²) in [7, 11) is 0. The normalized spacial score (nSPS) is 12.2. The molecule has 1 rings (SSSR count). The zero-order valence-corrected chi connectivity index (χ0v) is 11.1. The van der Waals surface area contributed by atoms with Gasteiger partial charge in [0.05, 0.1) is 5.25 Å². The lowest BCUT2D eigenvalue weighted by atomic mass is 10.4. The summed E-state index contributed by atoms with van der Waals surface area (Å²) in [4.78, 5) is 12.7. The van der Waals surface area contributed by atoms with Crippen molar-refractivity contribution >= 4 is 29.3 Å². The number of nitrogens with one attached hydrogen (secondary N) is 1. The number of carbonyl (C=O) groups is 1. The second-order valence-electron chi connectivity index (χ2n) is 3.51. The molecule has 0 spiro atoms. The first kappa shape index (κ1) is 13.4. The van der Waals surface area contributed by atoms with Gasteiger partial charge in [0.25, 0.3) is 0 Å². The summed E-state index contributed by atoms with van der Waals surface area (Å²) in [6.45, 7) is 4.69. The van der Waals surface area contributed by atoms with E-state index in [0.717, 1.165) is 17.9 Å². The number of hydrogen-bond acceptors (Lipinski definition) is 2. The van der Waals surface area contributed by atoms with Gasteiger partial charge in [-0.25, -0.2) is 0 Å². The van der Waals surface area contributed by atoms with Crippen molar-refractivity contribution in [3.8, 4) is 0 Å². The van der Waals surface area contributed by atoms with Crippen LogP contribution < -0.4 is 5.32 Å². The van der Waals surface area contributed by atoms with Crippen molar-refractivity contribution in [1.29, 1.82) is 0 Å². The highest BCUT2D eigenvalue weighted by Gasteiger charge is 2.13. The average Bonchev–Trinajstić information content (AvgIpc) is 2.29. The minimum absolute atomic E-state index is 0.0762. The molecule has 88 valence electrons. The lowest BCUT2D eigenvalue weighted by Crippen LogP contribution is -2.31. The molecule has 0 aliphatic carbocycles. The summed E-state index contributed by atoms with van der Waals surface area (Å²) in [5.74, 6) is 0.0850. The summed E-state index contributed by atoms with van der Waals surface area (Å²) < 4.78 is 0. The van der Waals surface area contributed by atoms with Gasteiger partial charge in [-0.1, -0.05) is 18.5 Å². The van der Waals surface area contributed by atoms with Crippen LogP contribution in [0.5, 0.6) is 0 Å². The number of carbonyl (C=O) groups excluding carboxylic acids is 1. The van der Waals surface area contributed by atoms with Gasteiger partial charge < -0.3 is 5.32 Å². The molecule has 16 heavy (non-hydrogen) atoms. The molecule has 4 heteroatoms. The van der Waals surface area contributed by atoms with E-state index in [-0.39, 0.29) is 11.2 Å². The molecule has 0 aromatic heterocycles. The largest absolute Gasteiger partial charge is 0.355 e. The van der Waals surface area contributed by atoms with Crippen LogP contribution in [0.1, 0.15) is 20.3 Å². The van der Waals surface area contributed by atoms with Gasteiger partial charge in [-0.05, 0) is 37.6 Å². The third-order valence-electron chi connectivity index (χ3n) is 2.04. The van der Waals surface area contributed by atoms with Crippen LogP contribution in [0.3, 0.4) is 0 Å². The highest BCUT2D eigenvalue weighted by molar-refractivity contribution is 8.00. The first-order chi connectivity index (χ1) is 7.63. The Hall–Kier alpha value is -0.670. The van der Waals surface area contributed by atoms with Crippen molar-refractivity contribution in [3.05, 3.63) is 29.3 Å². The van der Waals surface area contributed by atoms with Crippen molar-refractivity contribution in [2.24, 2.45) is 0 Å². The molecule has 2 nitrogen and oxygen atoms in total. The fraction of sp³-hybridized carbons (Fsp3) is 0.417. The molecule has 0 saturated heterocycles. The lowest BCUT2D eigenvalue weighted by molar-refractivity contribution is -0.120. The second kappa shape index (κ2) is 6.81. The van der Waals surface area contributed by atoms with Crippen molar-refractivity contribution in [2.75, 3.05) is 6.54 Å². The Balaban J connectivity index is 2.47. The van der Waals surface area contributed by atoms with Crippen molar-refractivity contribution in [1.82, 2.24) is 5.32 Å². The van der Waals surface area contributed by atoms with Crippen LogP contribution in [-0.2, 0) is 4.79 Å². The van der Waals surface area contributed by atoms with Gasteiger partial charge in [-0.15, -0.1) is 11.8 Å². The van der Waals surface area contributed by atoms with Gasteiger partial charge in [0.2, 0.25) is 5.91 Å². The summed E-state index contributed by atoms with van der Waals surface area (Å²) in [6, 6.07) is 7.52. The van der Waals surface area contributed by atoms with Crippen molar-refractivity contribution in [2.45, 2.75) is 30.4 Å². The molecule has 0 aliphatic rings. The topological polar surface area (TPSA) is 29.1 Å². The monoisotopic (exact) mass is 257 g/mol. The van der Waals surface area contributed by atoms with Crippen LogP contribution in [0.25, 0.3) is 0 Å². The zero-order valence-electron chi connectivity index (χ0n) is 9.50. The van der Waals surface area contributed by atoms with E-state index in [1.165, 1.54) is 0 Å². The van der Waals surface area contributed by atoms with E-state index in [1.807, 2.05) is 38.1 Å². The highest BCUT2D eigenvalue weighted by Crippen LogP contribution is 2.24. The Bertz CT molecular complexity index is 339. The number of halogens is 1. The number of amides is 1. The second-order valence-corrected chi connectivity index (χ2v) is 5.36. The molecule has 0 bridgehead atoms. The van der Waals surface area contributed by atoms with E-state index < -0.39 is 0 Å². The molecule has 0 heterocycles. The van der Waals surface area contributed by atoms with Crippen molar-refractivity contribution < 1.29 is 4.79 Å². The Kier molecular flexibility index (Phi) is 5.71. The summed E-state index contributed by atoms with van der Waals surface area (Å²) in [6.07, 6.45) is 0.962. The molecular formula is C12H16ClNOS. The van der Waals surface area contributed by atoms with Gasteiger partial charge >= 0.3 is 0 Å². The fourth-order valence-electron chi connectivity index (χ4n) is 1.16. The third kappa shape index (κ3) is 4.45. The van der Waals surface area contributed by atoms with E-state index in [1.54, 1.807) is 11.8 Å². The van der Waals surface area contributed by atoms with Gasteiger partial charge in [-0.2, -0.15) is 0 Å². The Morgan fingerprint density at radius 1 is 1.44 bits per heavy atom. The molecule has 1 aromatic rings. The Morgan fingerprint density at radius 3 is 2.62 bits per heavy atom. The minimum Gasteiger partial charge on any atom is -0.355 e. The van der Waals surface area contributed by atoms with Crippen molar-refractivity contribution in [3.63, 3.8) is 0 Å². The number of benzene rings is 1. The maximum Gasteiger partial charge on any atom is 0.233 e. The molecule has 1 atom stereocenters. The maximum atomic E-state index is 11.6. The number of thioether (sulfide) groups is 1. The molecule has 0 fully saturated rings. The lowest BCUT2D eigenvalue weighted by Gasteiger charge is -2.11. The smallest absolute Gasteiger partial charge is 0.233 e. The van der Waals surface area contributed by atoms with Crippen LogP contribution in [0.2, 0.25) is 5.02 Å². The predicted octanol–water partition coefficient (Wildman–Crippen LogP) is 3.35. The van der Waals surface area contributed by atoms with E-state index >= 15 is 0 Å². The van der Waals surface area contributed by atoms with Crippen LogP contribution >= 0.6 is 23.4 Å². The Morgan fingerprint density at radius 2 is 2.06 bits per heavy atom. The van der Waals surface area contributed by atoms with Crippen LogP contribution in [0.4, 0.5) is 0 Å². The quantitative estimate of drug-likeness (QED) is 0.820. The number of hydrogen-bond donors (Lipinski definition) is 1. The van der Waals surface area contributed by atoms with Gasteiger partial charge in [-0.3, -0.25) is 4.79 Å². The molecule has 1 amide bonds. The summed E-state index contributed by atoms with van der Waals surface area (Å²) >= 11 is 7.33. The molecule has 0 saturated carbocycles. The molecule has 0 aliphatic heterocycles. The fourth-order valence-corrected chi connectivity index (χ4v) is 2.18. The first-order valence-electron chi connectivity index (χ1n) is 5.33. The molecule has 1 unspecified atom stereocenters. The van der Waals surface area contributed by atoms with Gasteiger partial charge in [0.15, 0.2) is 0 Å². The van der Waals surface area contributed by atoms with Crippen LogP contribution in [-0.4, -0.2) is 17.7 Å². The molecular weight excluding hydrogens is 242 g/mol. The third-order valence-corrected chi connectivity index (χ3v) is 3.41. The standard InChI is InChI=1S/C12H16ClNOS/c1-3-8-14-12(15)9(2)16-11-6-4-10(13)5-7-11/h4-7,9H,3,8H2,1-2H3,(H,14,15). The Labute approximate surface area is 106 Å². The summed E-state index contributed by atoms with van der Waals surface area (Å²) in [5.41, 5.74) is 0. The molecule has 1 N–H and O–H groups in total. The van der Waals surface area contributed by atoms with E-state index in [9.17, 15) is 4.79 Å². The number of rotatable bonds is 5. The van der Waals surface area contributed by atoms with Crippen LogP contribution in [0.15, 0.2) is 29.2 Å². The van der Waals surface area contributed by atoms with E-state index in [2.05, 4.69) is 5.32 Å². The summed E-state index contributed by atoms with van der Waals surface area (Å²) in [5, 5.41) is 3.52. The average molecular weight is 258 g/mol. The maximum absolute atomic E-state index is 11.6.